The minimum atomic E-state index is -0.375. The van der Waals surface area contributed by atoms with E-state index in [-0.39, 0.29) is 17.6 Å². The standard InChI is InChI=1S/C16H18FNO/c1-11-5-3-4-6-12(11)10-15(18)13-7-8-16(19-2)14(17)9-13/h3-9,15H,10,18H2,1-2H3. The summed E-state index contributed by atoms with van der Waals surface area (Å²) in [5.41, 5.74) is 9.32. The number of methoxy groups -OCH3 is 1. The maximum atomic E-state index is 13.6. The third kappa shape index (κ3) is 3.12. The van der Waals surface area contributed by atoms with Crippen LogP contribution in [0.3, 0.4) is 0 Å². The molecule has 2 rings (SSSR count). The number of halogens is 1. The van der Waals surface area contributed by atoms with E-state index >= 15 is 0 Å². The molecule has 0 saturated heterocycles. The van der Waals surface area contributed by atoms with Crippen molar-refractivity contribution >= 4 is 0 Å². The highest BCUT2D eigenvalue weighted by atomic mass is 19.1. The van der Waals surface area contributed by atoms with Crippen LogP contribution in [0.5, 0.6) is 5.75 Å². The van der Waals surface area contributed by atoms with Gasteiger partial charge in [-0.3, -0.25) is 0 Å². The molecule has 2 aromatic carbocycles. The molecule has 2 N–H and O–H groups in total. The molecule has 0 radical (unpaired) electrons. The molecule has 3 heteroatoms. The fraction of sp³-hybridized carbons (Fsp3) is 0.250. The molecule has 2 nitrogen and oxygen atoms in total. The summed E-state index contributed by atoms with van der Waals surface area (Å²) in [6.07, 6.45) is 0.693. The fourth-order valence-electron chi connectivity index (χ4n) is 2.11. The Morgan fingerprint density at radius 3 is 2.58 bits per heavy atom. The number of hydrogen-bond acceptors (Lipinski definition) is 2. The van der Waals surface area contributed by atoms with Crippen LogP contribution in [-0.2, 0) is 6.42 Å². The molecule has 0 heterocycles. The molecular formula is C16H18FNO. The lowest BCUT2D eigenvalue weighted by Gasteiger charge is -2.14. The van der Waals surface area contributed by atoms with E-state index in [0.717, 1.165) is 5.56 Å². The Balaban J connectivity index is 2.18. The lowest BCUT2D eigenvalue weighted by molar-refractivity contribution is 0.386. The van der Waals surface area contributed by atoms with Crippen LogP contribution < -0.4 is 10.5 Å². The van der Waals surface area contributed by atoms with E-state index in [4.69, 9.17) is 10.5 Å². The lowest BCUT2D eigenvalue weighted by Crippen LogP contribution is -2.14. The van der Waals surface area contributed by atoms with Gasteiger partial charge in [-0.05, 0) is 42.2 Å². The van der Waals surface area contributed by atoms with Crippen LogP contribution in [0.2, 0.25) is 0 Å². The Kier molecular flexibility index (Phi) is 4.17. The Bertz CT molecular complexity index is 568. The molecule has 1 atom stereocenters. The molecule has 0 fully saturated rings. The summed E-state index contributed by atoms with van der Waals surface area (Å²) in [6, 6.07) is 12.7. The second kappa shape index (κ2) is 5.85. The first-order valence-corrected chi connectivity index (χ1v) is 6.25. The summed E-state index contributed by atoms with van der Waals surface area (Å²) in [5, 5.41) is 0. The fourth-order valence-corrected chi connectivity index (χ4v) is 2.11. The number of ether oxygens (including phenoxy) is 1. The predicted molar refractivity (Wildman–Crippen MR) is 74.8 cm³/mol. The minimum Gasteiger partial charge on any atom is -0.494 e. The Hall–Kier alpha value is -1.87. The highest BCUT2D eigenvalue weighted by molar-refractivity contribution is 5.33. The van der Waals surface area contributed by atoms with Gasteiger partial charge in [0.05, 0.1) is 7.11 Å². The quantitative estimate of drug-likeness (QED) is 0.913. The monoisotopic (exact) mass is 259 g/mol. The van der Waals surface area contributed by atoms with E-state index in [2.05, 4.69) is 19.1 Å². The minimum absolute atomic E-state index is 0.221. The highest BCUT2D eigenvalue weighted by Crippen LogP contribution is 2.23. The van der Waals surface area contributed by atoms with E-state index in [1.807, 2.05) is 18.2 Å². The second-order valence-corrected chi connectivity index (χ2v) is 4.63. The predicted octanol–water partition coefficient (Wildman–Crippen LogP) is 3.39. The number of benzene rings is 2. The third-order valence-electron chi connectivity index (χ3n) is 3.31. The summed E-state index contributed by atoms with van der Waals surface area (Å²) in [6.45, 7) is 2.05. The van der Waals surface area contributed by atoms with E-state index in [1.54, 1.807) is 6.07 Å². The van der Waals surface area contributed by atoms with E-state index in [9.17, 15) is 4.39 Å². The molecule has 0 aliphatic carbocycles. The molecule has 0 spiro atoms. The van der Waals surface area contributed by atoms with Crippen LogP contribution >= 0.6 is 0 Å². The maximum Gasteiger partial charge on any atom is 0.165 e. The highest BCUT2D eigenvalue weighted by Gasteiger charge is 2.11. The van der Waals surface area contributed by atoms with Gasteiger partial charge in [-0.25, -0.2) is 4.39 Å². The van der Waals surface area contributed by atoms with Gasteiger partial charge in [-0.1, -0.05) is 30.3 Å². The first kappa shape index (κ1) is 13.6. The molecule has 2 aromatic rings. The van der Waals surface area contributed by atoms with Gasteiger partial charge in [-0.2, -0.15) is 0 Å². The largest absolute Gasteiger partial charge is 0.494 e. The van der Waals surface area contributed by atoms with Gasteiger partial charge in [0.25, 0.3) is 0 Å². The molecule has 0 aliphatic rings. The lowest BCUT2D eigenvalue weighted by atomic mass is 9.97. The molecule has 0 bridgehead atoms. The van der Waals surface area contributed by atoms with Crippen LogP contribution in [0, 0.1) is 12.7 Å². The molecule has 19 heavy (non-hydrogen) atoms. The van der Waals surface area contributed by atoms with Crippen molar-refractivity contribution in [3.8, 4) is 5.75 Å². The van der Waals surface area contributed by atoms with Crippen molar-refractivity contribution in [2.24, 2.45) is 5.73 Å². The molecule has 0 saturated carbocycles. The van der Waals surface area contributed by atoms with Gasteiger partial charge in [0.1, 0.15) is 0 Å². The summed E-state index contributed by atoms with van der Waals surface area (Å²) >= 11 is 0. The van der Waals surface area contributed by atoms with Crippen LogP contribution in [0.4, 0.5) is 4.39 Å². The average molecular weight is 259 g/mol. The number of hydrogen-bond donors (Lipinski definition) is 1. The van der Waals surface area contributed by atoms with Gasteiger partial charge in [-0.15, -0.1) is 0 Å². The number of nitrogens with two attached hydrogens (primary N) is 1. The van der Waals surface area contributed by atoms with Gasteiger partial charge >= 0.3 is 0 Å². The molecular weight excluding hydrogens is 241 g/mol. The second-order valence-electron chi connectivity index (χ2n) is 4.63. The Labute approximate surface area is 113 Å². The van der Waals surface area contributed by atoms with Gasteiger partial charge < -0.3 is 10.5 Å². The van der Waals surface area contributed by atoms with Crippen molar-refractivity contribution < 1.29 is 9.13 Å². The summed E-state index contributed by atoms with van der Waals surface area (Å²) in [4.78, 5) is 0. The average Bonchev–Trinajstić information content (AvgIpc) is 2.41. The first-order chi connectivity index (χ1) is 9.11. The first-order valence-electron chi connectivity index (χ1n) is 6.25. The van der Waals surface area contributed by atoms with Gasteiger partial charge in [0.2, 0.25) is 0 Å². The zero-order chi connectivity index (χ0) is 13.8. The van der Waals surface area contributed by atoms with Crippen LogP contribution in [-0.4, -0.2) is 7.11 Å². The molecule has 1 unspecified atom stereocenters. The van der Waals surface area contributed by atoms with Crippen molar-refractivity contribution in [3.05, 3.63) is 65.0 Å². The van der Waals surface area contributed by atoms with Crippen LogP contribution in [0.15, 0.2) is 42.5 Å². The maximum absolute atomic E-state index is 13.6. The Morgan fingerprint density at radius 1 is 1.21 bits per heavy atom. The normalized spacial score (nSPS) is 12.2. The number of rotatable bonds is 4. The van der Waals surface area contributed by atoms with E-state index < -0.39 is 0 Å². The summed E-state index contributed by atoms with van der Waals surface area (Å²) in [7, 11) is 1.45. The smallest absolute Gasteiger partial charge is 0.165 e. The van der Waals surface area contributed by atoms with Crippen LogP contribution in [0.25, 0.3) is 0 Å². The zero-order valence-electron chi connectivity index (χ0n) is 11.2. The topological polar surface area (TPSA) is 35.2 Å². The summed E-state index contributed by atoms with van der Waals surface area (Å²) in [5.74, 6) is -0.132. The third-order valence-corrected chi connectivity index (χ3v) is 3.31. The van der Waals surface area contributed by atoms with E-state index in [0.29, 0.717) is 6.42 Å². The van der Waals surface area contributed by atoms with Crippen molar-refractivity contribution in [3.63, 3.8) is 0 Å². The molecule has 0 aromatic heterocycles. The van der Waals surface area contributed by atoms with Crippen molar-refractivity contribution in [1.29, 1.82) is 0 Å². The van der Waals surface area contributed by atoms with Gasteiger partial charge in [0.15, 0.2) is 11.6 Å². The Morgan fingerprint density at radius 2 is 1.95 bits per heavy atom. The van der Waals surface area contributed by atoms with E-state index in [1.165, 1.54) is 24.3 Å². The molecule has 100 valence electrons. The molecule has 0 amide bonds. The van der Waals surface area contributed by atoms with Crippen molar-refractivity contribution in [2.45, 2.75) is 19.4 Å². The van der Waals surface area contributed by atoms with Crippen LogP contribution in [0.1, 0.15) is 22.7 Å². The van der Waals surface area contributed by atoms with Gasteiger partial charge in [0, 0.05) is 6.04 Å². The van der Waals surface area contributed by atoms with Crippen molar-refractivity contribution in [1.82, 2.24) is 0 Å². The number of aryl methyl sites for hydroxylation is 1. The zero-order valence-corrected chi connectivity index (χ0v) is 11.2. The summed E-state index contributed by atoms with van der Waals surface area (Å²) < 4.78 is 18.5. The molecule has 0 aliphatic heterocycles. The SMILES string of the molecule is COc1ccc(C(N)Cc2ccccc2C)cc1F. The van der Waals surface area contributed by atoms with Crippen molar-refractivity contribution in [2.75, 3.05) is 7.11 Å².